The number of hydrogen-bond acceptors (Lipinski definition) is 4. The number of benzene rings is 3. The van der Waals surface area contributed by atoms with Gasteiger partial charge in [0.2, 0.25) is 21.8 Å². The summed E-state index contributed by atoms with van der Waals surface area (Å²) in [6.07, 6.45) is 1.98. The topological polar surface area (TPSA) is 86.8 Å². The number of nitrogens with zero attached hydrogens (tertiary/aromatic N) is 2. The van der Waals surface area contributed by atoms with E-state index in [1.54, 1.807) is 0 Å². The molecule has 11 heteroatoms. The molecule has 0 aliphatic rings. The third-order valence-electron chi connectivity index (χ3n) is 6.88. The standard InChI is InChI=1S/C31H36BrF2N3O4S/c1-4-22(2)35-31(39)29(19-23-9-6-5-7-10-23)36(21-24-12-14-25(32)15-13-24)30(38)11-8-18-37(42(3,40)41)26-16-17-27(33)28(34)20-26/h5-7,9-10,12-17,20,22,29H,4,8,11,18-19,21H2,1-3H3,(H,35,39). The molecule has 0 bridgehead atoms. The molecule has 0 aromatic heterocycles. The van der Waals surface area contributed by atoms with Gasteiger partial charge >= 0.3 is 0 Å². The lowest BCUT2D eigenvalue weighted by Crippen LogP contribution is -2.52. The van der Waals surface area contributed by atoms with Crippen molar-refractivity contribution in [1.29, 1.82) is 0 Å². The highest BCUT2D eigenvalue weighted by Crippen LogP contribution is 2.22. The van der Waals surface area contributed by atoms with E-state index in [1.165, 1.54) is 11.0 Å². The molecular formula is C31H36BrF2N3O4S. The molecule has 3 rings (SSSR count). The van der Waals surface area contributed by atoms with Crippen molar-refractivity contribution in [1.82, 2.24) is 10.2 Å². The number of nitrogens with one attached hydrogen (secondary N) is 1. The normalized spacial score (nSPS) is 12.8. The Labute approximate surface area is 255 Å². The molecule has 42 heavy (non-hydrogen) atoms. The number of halogens is 3. The molecule has 0 radical (unpaired) electrons. The van der Waals surface area contributed by atoms with Gasteiger partial charge in [-0.2, -0.15) is 0 Å². The fourth-order valence-electron chi connectivity index (χ4n) is 4.43. The van der Waals surface area contributed by atoms with Crippen LogP contribution in [0, 0.1) is 11.6 Å². The molecule has 2 amide bonds. The molecule has 226 valence electrons. The Bertz CT molecular complexity index is 1460. The Morgan fingerprint density at radius 2 is 1.62 bits per heavy atom. The van der Waals surface area contributed by atoms with Gasteiger partial charge in [-0.25, -0.2) is 17.2 Å². The van der Waals surface area contributed by atoms with Gasteiger partial charge in [-0.3, -0.25) is 13.9 Å². The summed E-state index contributed by atoms with van der Waals surface area (Å²) in [6.45, 7) is 3.89. The minimum absolute atomic E-state index is 0.0366. The molecule has 0 saturated heterocycles. The van der Waals surface area contributed by atoms with E-state index >= 15 is 0 Å². The Balaban J connectivity index is 1.89. The van der Waals surface area contributed by atoms with Crippen LogP contribution in [0.3, 0.4) is 0 Å². The Morgan fingerprint density at radius 3 is 2.21 bits per heavy atom. The van der Waals surface area contributed by atoms with Crippen LogP contribution in [0.5, 0.6) is 0 Å². The second kappa shape index (κ2) is 15.2. The predicted octanol–water partition coefficient (Wildman–Crippen LogP) is 5.83. The summed E-state index contributed by atoms with van der Waals surface area (Å²) in [5, 5.41) is 3.01. The van der Waals surface area contributed by atoms with Crippen LogP contribution in [0.25, 0.3) is 0 Å². The maximum Gasteiger partial charge on any atom is 0.243 e. The zero-order valence-corrected chi connectivity index (χ0v) is 26.3. The number of rotatable bonds is 14. The molecular weight excluding hydrogens is 628 g/mol. The molecule has 2 unspecified atom stereocenters. The van der Waals surface area contributed by atoms with E-state index in [9.17, 15) is 26.8 Å². The molecule has 0 aliphatic carbocycles. The van der Waals surface area contributed by atoms with Crippen molar-refractivity contribution in [3.63, 3.8) is 0 Å². The Hall–Kier alpha value is -3.31. The quantitative estimate of drug-likeness (QED) is 0.235. The minimum atomic E-state index is -3.85. The molecule has 0 saturated carbocycles. The van der Waals surface area contributed by atoms with Gasteiger partial charge in [-0.1, -0.05) is 65.3 Å². The van der Waals surface area contributed by atoms with Crippen LogP contribution in [0.4, 0.5) is 14.5 Å². The third-order valence-corrected chi connectivity index (χ3v) is 8.60. The Kier molecular flexibility index (Phi) is 12.0. The lowest BCUT2D eigenvalue weighted by atomic mass is 10.0. The van der Waals surface area contributed by atoms with Crippen LogP contribution in [0.15, 0.2) is 77.3 Å². The molecule has 7 nitrogen and oxygen atoms in total. The highest BCUT2D eigenvalue weighted by molar-refractivity contribution is 9.10. The summed E-state index contributed by atoms with van der Waals surface area (Å²) in [7, 11) is -3.85. The predicted molar refractivity (Wildman–Crippen MR) is 164 cm³/mol. The molecule has 0 fully saturated rings. The monoisotopic (exact) mass is 663 g/mol. The van der Waals surface area contributed by atoms with E-state index in [4.69, 9.17) is 0 Å². The zero-order chi connectivity index (χ0) is 30.9. The first kappa shape index (κ1) is 33.2. The van der Waals surface area contributed by atoms with Gasteiger partial charge in [0.25, 0.3) is 0 Å². The van der Waals surface area contributed by atoms with Gasteiger partial charge in [0.1, 0.15) is 6.04 Å². The van der Waals surface area contributed by atoms with E-state index in [0.29, 0.717) is 0 Å². The van der Waals surface area contributed by atoms with Crippen LogP contribution in [0.2, 0.25) is 0 Å². The fourth-order valence-corrected chi connectivity index (χ4v) is 5.65. The number of anilines is 1. The van der Waals surface area contributed by atoms with Crippen molar-refractivity contribution in [2.24, 2.45) is 0 Å². The van der Waals surface area contributed by atoms with Crippen molar-refractivity contribution < 1.29 is 26.8 Å². The second-order valence-electron chi connectivity index (χ2n) is 10.2. The van der Waals surface area contributed by atoms with E-state index < -0.39 is 27.7 Å². The van der Waals surface area contributed by atoms with Gasteiger partial charge < -0.3 is 10.2 Å². The first-order valence-corrected chi connectivity index (χ1v) is 16.3. The molecule has 3 aromatic carbocycles. The number of carbonyl (C=O) groups excluding carboxylic acids is 2. The van der Waals surface area contributed by atoms with Crippen LogP contribution < -0.4 is 9.62 Å². The highest BCUT2D eigenvalue weighted by atomic mass is 79.9. The van der Waals surface area contributed by atoms with Crippen molar-refractivity contribution in [2.45, 2.75) is 58.2 Å². The van der Waals surface area contributed by atoms with Gasteiger partial charge in [-0.15, -0.1) is 0 Å². The van der Waals surface area contributed by atoms with Crippen molar-refractivity contribution in [2.75, 3.05) is 17.1 Å². The number of carbonyl (C=O) groups is 2. The second-order valence-corrected chi connectivity index (χ2v) is 13.0. The van der Waals surface area contributed by atoms with E-state index in [2.05, 4.69) is 21.2 Å². The Morgan fingerprint density at radius 1 is 0.952 bits per heavy atom. The highest BCUT2D eigenvalue weighted by Gasteiger charge is 2.31. The average molecular weight is 665 g/mol. The van der Waals surface area contributed by atoms with Crippen LogP contribution >= 0.6 is 15.9 Å². The first-order chi connectivity index (χ1) is 19.9. The summed E-state index contributed by atoms with van der Waals surface area (Å²) < 4.78 is 54.2. The molecule has 1 N–H and O–H groups in total. The van der Waals surface area contributed by atoms with Crippen LogP contribution in [-0.2, 0) is 32.6 Å². The fraction of sp³-hybridized carbons (Fsp3) is 0.355. The van der Waals surface area contributed by atoms with Crippen molar-refractivity contribution >= 4 is 43.5 Å². The maximum absolute atomic E-state index is 13.9. The van der Waals surface area contributed by atoms with Crippen LogP contribution in [-0.4, -0.2) is 50.0 Å². The lowest BCUT2D eigenvalue weighted by molar-refractivity contribution is -0.141. The van der Waals surface area contributed by atoms with E-state index in [-0.39, 0.29) is 55.9 Å². The van der Waals surface area contributed by atoms with Gasteiger partial charge in [0, 0.05) is 42.5 Å². The maximum atomic E-state index is 13.9. The van der Waals surface area contributed by atoms with Gasteiger partial charge in [-0.05, 0) is 55.2 Å². The molecule has 0 spiro atoms. The number of amides is 2. The average Bonchev–Trinajstić information content (AvgIpc) is 2.95. The summed E-state index contributed by atoms with van der Waals surface area (Å²) in [4.78, 5) is 29.0. The molecule has 0 heterocycles. The first-order valence-electron chi connectivity index (χ1n) is 13.7. The third kappa shape index (κ3) is 9.62. The van der Waals surface area contributed by atoms with E-state index in [1.807, 2.05) is 68.4 Å². The summed E-state index contributed by atoms with van der Waals surface area (Å²) in [5.41, 5.74) is 1.67. The summed E-state index contributed by atoms with van der Waals surface area (Å²) >= 11 is 3.42. The zero-order valence-electron chi connectivity index (χ0n) is 23.9. The lowest BCUT2D eigenvalue weighted by Gasteiger charge is -2.32. The molecule has 3 aromatic rings. The van der Waals surface area contributed by atoms with Crippen LogP contribution in [0.1, 0.15) is 44.2 Å². The van der Waals surface area contributed by atoms with E-state index in [0.717, 1.165) is 44.7 Å². The largest absolute Gasteiger partial charge is 0.352 e. The summed E-state index contributed by atoms with van der Waals surface area (Å²) in [5.74, 6) is -2.88. The van der Waals surface area contributed by atoms with Crippen molar-refractivity contribution in [3.8, 4) is 0 Å². The smallest absolute Gasteiger partial charge is 0.243 e. The summed E-state index contributed by atoms with van der Waals surface area (Å²) in [6, 6.07) is 18.8. The minimum Gasteiger partial charge on any atom is -0.352 e. The molecule has 0 aliphatic heterocycles. The number of sulfonamides is 1. The molecule has 2 atom stereocenters. The van der Waals surface area contributed by atoms with Gasteiger partial charge in [0.15, 0.2) is 11.6 Å². The van der Waals surface area contributed by atoms with Crippen molar-refractivity contribution in [3.05, 3.63) is 100 Å². The number of hydrogen-bond donors (Lipinski definition) is 1. The van der Waals surface area contributed by atoms with Gasteiger partial charge in [0.05, 0.1) is 11.9 Å². The SMILES string of the molecule is CCC(C)NC(=O)C(Cc1ccccc1)N(Cc1ccc(Br)cc1)C(=O)CCCN(c1ccc(F)c(F)c1)S(C)(=O)=O.